The molecule has 7 heteroatoms. The van der Waals surface area contributed by atoms with Crippen LogP contribution in [0.3, 0.4) is 0 Å². The number of aliphatic hydroxyl groups excluding tert-OH is 1. The Morgan fingerprint density at radius 2 is 1.95 bits per heavy atom. The molecule has 0 fully saturated rings. The Labute approximate surface area is 131 Å². The van der Waals surface area contributed by atoms with E-state index in [1.54, 1.807) is 6.07 Å². The van der Waals surface area contributed by atoms with Gasteiger partial charge in [0.2, 0.25) is 0 Å². The third-order valence-corrected chi connectivity index (χ3v) is 5.35. The van der Waals surface area contributed by atoms with Crippen LogP contribution in [0.1, 0.15) is 27.7 Å². The van der Waals surface area contributed by atoms with E-state index in [1.807, 2.05) is 0 Å². The smallest absolute Gasteiger partial charge is 0.383 e. The standard InChI is InChI=1S/C13H9BrClF3OS/c1-6-4-7(13(16,17)18)2-3-8(6)11(19)10-5-9(14)12(15)20-10/h2-5,11,19H,1H3. The molecule has 2 aromatic rings. The van der Waals surface area contributed by atoms with Crippen LogP contribution in [0.4, 0.5) is 13.2 Å². The zero-order valence-electron chi connectivity index (χ0n) is 10.1. The first-order chi connectivity index (χ1) is 9.20. The van der Waals surface area contributed by atoms with Gasteiger partial charge in [-0.05, 0) is 52.2 Å². The molecule has 0 bridgehead atoms. The summed E-state index contributed by atoms with van der Waals surface area (Å²) in [7, 11) is 0. The van der Waals surface area contributed by atoms with E-state index < -0.39 is 17.8 Å². The van der Waals surface area contributed by atoms with Crippen LogP contribution in [0.5, 0.6) is 0 Å². The van der Waals surface area contributed by atoms with E-state index in [-0.39, 0.29) is 0 Å². The van der Waals surface area contributed by atoms with Gasteiger partial charge in [-0.1, -0.05) is 17.7 Å². The minimum absolute atomic E-state index is 0.382. The van der Waals surface area contributed by atoms with Crippen molar-refractivity contribution in [1.82, 2.24) is 0 Å². The normalized spacial score (nSPS) is 13.6. The summed E-state index contributed by atoms with van der Waals surface area (Å²) in [6.45, 7) is 1.54. The summed E-state index contributed by atoms with van der Waals surface area (Å²) in [6, 6.07) is 4.96. The van der Waals surface area contributed by atoms with Crippen molar-refractivity contribution >= 4 is 38.9 Å². The van der Waals surface area contributed by atoms with Gasteiger partial charge in [0.15, 0.2) is 0 Å². The van der Waals surface area contributed by atoms with Crippen molar-refractivity contribution < 1.29 is 18.3 Å². The molecule has 2 rings (SSSR count). The highest BCUT2D eigenvalue weighted by molar-refractivity contribution is 9.10. The molecular weight excluding hydrogens is 377 g/mol. The minimum Gasteiger partial charge on any atom is -0.383 e. The Hall–Kier alpha value is -0.560. The molecule has 0 aliphatic rings. The van der Waals surface area contributed by atoms with Crippen LogP contribution in [0.25, 0.3) is 0 Å². The maximum Gasteiger partial charge on any atom is 0.416 e. The van der Waals surface area contributed by atoms with Crippen LogP contribution >= 0.6 is 38.9 Å². The molecular formula is C13H9BrClF3OS. The van der Waals surface area contributed by atoms with Crippen molar-refractivity contribution in [2.24, 2.45) is 0 Å². The van der Waals surface area contributed by atoms with Crippen molar-refractivity contribution in [2.75, 3.05) is 0 Å². The molecule has 0 saturated carbocycles. The molecule has 1 atom stereocenters. The van der Waals surface area contributed by atoms with Crippen molar-refractivity contribution in [3.63, 3.8) is 0 Å². The zero-order chi connectivity index (χ0) is 15.1. The number of alkyl halides is 3. The third kappa shape index (κ3) is 3.19. The van der Waals surface area contributed by atoms with Gasteiger partial charge in [-0.2, -0.15) is 13.2 Å². The van der Waals surface area contributed by atoms with Crippen LogP contribution in [-0.2, 0) is 6.18 Å². The summed E-state index contributed by atoms with van der Waals surface area (Å²) in [5.41, 5.74) is 0.0905. The number of aryl methyl sites for hydroxylation is 1. The Morgan fingerprint density at radius 1 is 1.30 bits per heavy atom. The number of aliphatic hydroxyl groups is 1. The van der Waals surface area contributed by atoms with E-state index in [2.05, 4.69) is 15.9 Å². The largest absolute Gasteiger partial charge is 0.416 e. The van der Waals surface area contributed by atoms with Crippen LogP contribution in [0.15, 0.2) is 28.7 Å². The first kappa shape index (κ1) is 15.8. The Balaban J connectivity index is 2.38. The van der Waals surface area contributed by atoms with E-state index in [0.29, 0.717) is 24.8 Å². The molecule has 1 nitrogen and oxygen atoms in total. The molecule has 20 heavy (non-hydrogen) atoms. The molecule has 1 heterocycles. The Kier molecular flexibility index (Phi) is 4.49. The summed E-state index contributed by atoms with van der Waals surface area (Å²) in [4.78, 5) is 0.574. The molecule has 0 saturated heterocycles. The summed E-state index contributed by atoms with van der Waals surface area (Å²) in [5, 5.41) is 10.3. The summed E-state index contributed by atoms with van der Waals surface area (Å²) in [6.07, 6.45) is -5.38. The van der Waals surface area contributed by atoms with E-state index in [0.717, 1.165) is 12.1 Å². The highest BCUT2D eigenvalue weighted by Gasteiger charge is 2.31. The second-order valence-electron chi connectivity index (χ2n) is 4.24. The van der Waals surface area contributed by atoms with Crippen molar-refractivity contribution in [3.8, 4) is 0 Å². The van der Waals surface area contributed by atoms with Gasteiger partial charge in [0.1, 0.15) is 10.4 Å². The molecule has 0 aliphatic heterocycles. The number of hydrogen-bond acceptors (Lipinski definition) is 2. The third-order valence-electron chi connectivity index (χ3n) is 2.83. The number of hydrogen-bond donors (Lipinski definition) is 1. The highest BCUT2D eigenvalue weighted by atomic mass is 79.9. The molecule has 1 unspecified atom stereocenters. The Morgan fingerprint density at radius 3 is 2.40 bits per heavy atom. The number of benzene rings is 1. The summed E-state index contributed by atoms with van der Waals surface area (Å²) < 4.78 is 38.9. The van der Waals surface area contributed by atoms with Crippen LogP contribution < -0.4 is 0 Å². The molecule has 0 radical (unpaired) electrons. The van der Waals surface area contributed by atoms with Gasteiger partial charge in [0, 0.05) is 9.35 Å². The lowest BCUT2D eigenvalue weighted by Gasteiger charge is -2.14. The van der Waals surface area contributed by atoms with Gasteiger partial charge in [0.05, 0.1) is 5.56 Å². The predicted octanol–water partition coefficient (Wildman–Crippen LogP) is 5.57. The lowest BCUT2D eigenvalue weighted by molar-refractivity contribution is -0.137. The lowest BCUT2D eigenvalue weighted by atomic mass is 9.99. The second kappa shape index (κ2) is 5.67. The molecule has 1 aromatic heterocycles. The number of thiophene rings is 1. The maximum absolute atomic E-state index is 12.6. The van der Waals surface area contributed by atoms with Crippen LogP contribution in [0, 0.1) is 6.92 Å². The second-order valence-corrected chi connectivity index (χ2v) is 6.78. The maximum atomic E-state index is 12.6. The zero-order valence-corrected chi connectivity index (χ0v) is 13.3. The fourth-order valence-corrected chi connectivity index (χ4v) is 3.55. The van der Waals surface area contributed by atoms with Gasteiger partial charge in [-0.3, -0.25) is 0 Å². The van der Waals surface area contributed by atoms with E-state index in [1.165, 1.54) is 24.3 Å². The van der Waals surface area contributed by atoms with Gasteiger partial charge in [-0.25, -0.2) is 0 Å². The Bertz CT molecular complexity index is 620. The molecule has 0 spiro atoms. The monoisotopic (exact) mass is 384 g/mol. The molecule has 0 aliphatic carbocycles. The van der Waals surface area contributed by atoms with E-state index in [9.17, 15) is 18.3 Å². The van der Waals surface area contributed by atoms with Gasteiger partial charge in [-0.15, -0.1) is 11.3 Å². The van der Waals surface area contributed by atoms with E-state index >= 15 is 0 Å². The van der Waals surface area contributed by atoms with Crippen molar-refractivity contribution in [1.29, 1.82) is 0 Å². The van der Waals surface area contributed by atoms with E-state index in [4.69, 9.17) is 11.6 Å². The van der Waals surface area contributed by atoms with Gasteiger partial charge < -0.3 is 5.11 Å². The predicted molar refractivity (Wildman–Crippen MR) is 77.3 cm³/mol. The van der Waals surface area contributed by atoms with Crippen molar-refractivity contribution in [2.45, 2.75) is 19.2 Å². The number of halogens is 5. The van der Waals surface area contributed by atoms with Crippen molar-refractivity contribution in [3.05, 3.63) is 54.6 Å². The van der Waals surface area contributed by atoms with Crippen LogP contribution in [0.2, 0.25) is 4.34 Å². The fraction of sp³-hybridized carbons (Fsp3) is 0.231. The minimum atomic E-state index is -4.39. The average molecular weight is 386 g/mol. The quantitative estimate of drug-likeness (QED) is 0.716. The topological polar surface area (TPSA) is 20.2 Å². The molecule has 1 N–H and O–H groups in total. The molecule has 1 aromatic carbocycles. The summed E-state index contributed by atoms with van der Waals surface area (Å²) >= 11 is 10.3. The first-order valence-electron chi connectivity index (χ1n) is 5.50. The highest BCUT2D eigenvalue weighted by Crippen LogP contribution is 2.39. The fourth-order valence-electron chi connectivity index (χ4n) is 1.81. The van der Waals surface area contributed by atoms with Gasteiger partial charge in [0.25, 0.3) is 0 Å². The average Bonchev–Trinajstić information content (AvgIpc) is 2.67. The summed E-state index contributed by atoms with van der Waals surface area (Å²) in [5.74, 6) is 0. The number of rotatable bonds is 2. The SMILES string of the molecule is Cc1cc(C(F)(F)F)ccc1C(O)c1cc(Br)c(Cl)s1. The first-order valence-corrected chi connectivity index (χ1v) is 7.49. The molecule has 0 amide bonds. The lowest BCUT2D eigenvalue weighted by Crippen LogP contribution is -2.07. The molecule has 108 valence electrons. The van der Waals surface area contributed by atoms with Crippen LogP contribution in [-0.4, -0.2) is 5.11 Å². The van der Waals surface area contributed by atoms with Gasteiger partial charge >= 0.3 is 6.18 Å².